The Balaban J connectivity index is 1.98. The van der Waals surface area contributed by atoms with Gasteiger partial charge in [0.1, 0.15) is 5.82 Å². The van der Waals surface area contributed by atoms with Crippen LogP contribution in [0, 0.1) is 5.82 Å². The number of carbonyl (C=O) groups is 1. The molecule has 0 aliphatic rings. The van der Waals surface area contributed by atoms with Crippen molar-refractivity contribution in [2.75, 3.05) is 0 Å². The van der Waals surface area contributed by atoms with Crippen LogP contribution in [0.2, 0.25) is 0 Å². The van der Waals surface area contributed by atoms with Gasteiger partial charge < -0.3 is 10.4 Å². The molecule has 0 aliphatic heterocycles. The highest BCUT2D eigenvalue weighted by Gasteiger charge is 2.05. The SMILES string of the molecule is O=C(NCc1cccc(CO)c1)c1ccc(F)cc1. The number of amides is 1. The number of aliphatic hydroxyl groups excluding tert-OH is 1. The molecule has 0 radical (unpaired) electrons. The Morgan fingerprint density at radius 3 is 2.47 bits per heavy atom. The fourth-order valence-electron chi connectivity index (χ4n) is 1.72. The van der Waals surface area contributed by atoms with Gasteiger partial charge >= 0.3 is 0 Å². The second kappa shape index (κ2) is 6.11. The van der Waals surface area contributed by atoms with Gasteiger partial charge in [0.15, 0.2) is 0 Å². The van der Waals surface area contributed by atoms with Crippen LogP contribution in [0.25, 0.3) is 0 Å². The van der Waals surface area contributed by atoms with E-state index in [4.69, 9.17) is 5.11 Å². The van der Waals surface area contributed by atoms with E-state index in [-0.39, 0.29) is 18.3 Å². The molecular formula is C15H14FNO2. The molecule has 19 heavy (non-hydrogen) atoms. The van der Waals surface area contributed by atoms with Crippen LogP contribution in [0.15, 0.2) is 48.5 Å². The van der Waals surface area contributed by atoms with Crippen molar-refractivity contribution in [2.24, 2.45) is 0 Å². The number of halogens is 1. The van der Waals surface area contributed by atoms with Gasteiger partial charge in [-0.05, 0) is 35.4 Å². The molecule has 0 heterocycles. The van der Waals surface area contributed by atoms with E-state index in [0.717, 1.165) is 11.1 Å². The molecule has 2 rings (SSSR count). The lowest BCUT2D eigenvalue weighted by atomic mass is 10.1. The smallest absolute Gasteiger partial charge is 0.251 e. The first-order valence-corrected chi connectivity index (χ1v) is 5.91. The Bertz CT molecular complexity index is 567. The van der Waals surface area contributed by atoms with E-state index in [1.807, 2.05) is 24.3 Å². The predicted molar refractivity (Wildman–Crippen MR) is 69.9 cm³/mol. The van der Waals surface area contributed by atoms with E-state index >= 15 is 0 Å². The Kier molecular flexibility index (Phi) is 4.26. The summed E-state index contributed by atoms with van der Waals surface area (Å²) in [6.07, 6.45) is 0. The Labute approximate surface area is 110 Å². The quantitative estimate of drug-likeness (QED) is 0.884. The number of hydrogen-bond acceptors (Lipinski definition) is 2. The van der Waals surface area contributed by atoms with E-state index in [9.17, 15) is 9.18 Å². The monoisotopic (exact) mass is 259 g/mol. The standard InChI is InChI=1S/C15H14FNO2/c16-14-6-4-13(5-7-14)15(19)17-9-11-2-1-3-12(8-11)10-18/h1-8,18H,9-10H2,(H,17,19). The van der Waals surface area contributed by atoms with E-state index in [1.165, 1.54) is 24.3 Å². The first-order valence-electron chi connectivity index (χ1n) is 5.91. The third-order valence-corrected chi connectivity index (χ3v) is 2.73. The first-order chi connectivity index (χ1) is 9.19. The highest BCUT2D eigenvalue weighted by Crippen LogP contribution is 2.06. The molecule has 0 saturated heterocycles. The third kappa shape index (κ3) is 3.63. The summed E-state index contributed by atoms with van der Waals surface area (Å²) in [6, 6.07) is 12.7. The molecule has 1 amide bonds. The lowest BCUT2D eigenvalue weighted by molar-refractivity contribution is 0.0951. The van der Waals surface area contributed by atoms with Crippen molar-refractivity contribution in [3.8, 4) is 0 Å². The van der Waals surface area contributed by atoms with Gasteiger partial charge in [-0.1, -0.05) is 24.3 Å². The van der Waals surface area contributed by atoms with Crippen LogP contribution in [0.5, 0.6) is 0 Å². The molecule has 0 spiro atoms. The molecule has 0 aromatic heterocycles. The normalized spacial score (nSPS) is 10.2. The molecule has 0 bridgehead atoms. The van der Waals surface area contributed by atoms with Crippen molar-refractivity contribution in [3.05, 3.63) is 71.0 Å². The van der Waals surface area contributed by atoms with Crippen LogP contribution in [-0.2, 0) is 13.2 Å². The van der Waals surface area contributed by atoms with Crippen LogP contribution >= 0.6 is 0 Å². The zero-order chi connectivity index (χ0) is 13.7. The van der Waals surface area contributed by atoms with Gasteiger partial charge in [-0.15, -0.1) is 0 Å². The predicted octanol–water partition coefficient (Wildman–Crippen LogP) is 2.25. The average Bonchev–Trinajstić information content (AvgIpc) is 2.46. The molecule has 4 heteroatoms. The maximum absolute atomic E-state index is 12.7. The molecule has 2 aromatic carbocycles. The van der Waals surface area contributed by atoms with E-state index in [2.05, 4.69) is 5.32 Å². The molecule has 0 saturated carbocycles. The fourth-order valence-corrected chi connectivity index (χ4v) is 1.72. The minimum absolute atomic E-state index is 0.0280. The van der Waals surface area contributed by atoms with Gasteiger partial charge in [0.05, 0.1) is 6.61 Å². The van der Waals surface area contributed by atoms with Gasteiger partial charge in [0.25, 0.3) is 5.91 Å². The maximum atomic E-state index is 12.7. The molecule has 98 valence electrons. The molecule has 0 fully saturated rings. The summed E-state index contributed by atoms with van der Waals surface area (Å²) >= 11 is 0. The number of benzene rings is 2. The highest BCUT2D eigenvalue weighted by atomic mass is 19.1. The summed E-state index contributed by atoms with van der Waals surface area (Å²) in [6.45, 7) is 0.337. The van der Waals surface area contributed by atoms with Crippen LogP contribution < -0.4 is 5.32 Å². The average molecular weight is 259 g/mol. The largest absolute Gasteiger partial charge is 0.392 e. The number of nitrogens with one attached hydrogen (secondary N) is 1. The lowest BCUT2D eigenvalue weighted by Crippen LogP contribution is -2.22. The maximum Gasteiger partial charge on any atom is 0.251 e. The van der Waals surface area contributed by atoms with E-state index in [0.29, 0.717) is 12.1 Å². The zero-order valence-electron chi connectivity index (χ0n) is 10.3. The topological polar surface area (TPSA) is 49.3 Å². The van der Waals surface area contributed by atoms with Gasteiger partial charge in [-0.2, -0.15) is 0 Å². The Hall–Kier alpha value is -2.20. The van der Waals surface area contributed by atoms with Crippen molar-refractivity contribution < 1.29 is 14.3 Å². The first kappa shape index (κ1) is 13.2. The highest BCUT2D eigenvalue weighted by molar-refractivity contribution is 5.94. The summed E-state index contributed by atoms with van der Waals surface area (Å²) < 4.78 is 12.7. The van der Waals surface area contributed by atoms with Crippen LogP contribution in [0.1, 0.15) is 21.5 Å². The van der Waals surface area contributed by atoms with Gasteiger partial charge in [-0.25, -0.2) is 4.39 Å². The molecular weight excluding hydrogens is 245 g/mol. The minimum Gasteiger partial charge on any atom is -0.392 e. The fraction of sp³-hybridized carbons (Fsp3) is 0.133. The molecule has 0 atom stereocenters. The van der Waals surface area contributed by atoms with Crippen molar-refractivity contribution >= 4 is 5.91 Å². The number of rotatable bonds is 4. The molecule has 2 N–H and O–H groups in total. The van der Waals surface area contributed by atoms with Gasteiger partial charge in [0.2, 0.25) is 0 Å². The summed E-state index contributed by atoms with van der Waals surface area (Å²) in [5, 5.41) is 11.8. The molecule has 2 aromatic rings. The number of hydrogen-bond donors (Lipinski definition) is 2. The molecule has 0 unspecified atom stereocenters. The third-order valence-electron chi connectivity index (χ3n) is 2.73. The van der Waals surface area contributed by atoms with Gasteiger partial charge in [-0.3, -0.25) is 4.79 Å². The van der Waals surface area contributed by atoms with E-state index < -0.39 is 0 Å². The van der Waals surface area contributed by atoms with E-state index in [1.54, 1.807) is 0 Å². The Morgan fingerprint density at radius 1 is 1.11 bits per heavy atom. The summed E-state index contributed by atoms with van der Waals surface area (Å²) in [5.41, 5.74) is 2.12. The number of aliphatic hydroxyl groups is 1. The second-order valence-electron chi connectivity index (χ2n) is 4.17. The van der Waals surface area contributed by atoms with Crippen molar-refractivity contribution in [3.63, 3.8) is 0 Å². The van der Waals surface area contributed by atoms with Gasteiger partial charge in [0, 0.05) is 12.1 Å². The summed E-state index contributed by atoms with van der Waals surface area (Å²) in [4.78, 5) is 11.8. The summed E-state index contributed by atoms with van der Waals surface area (Å²) in [7, 11) is 0. The second-order valence-corrected chi connectivity index (χ2v) is 4.17. The van der Waals surface area contributed by atoms with Crippen LogP contribution in [-0.4, -0.2) is 11.0 Å². The molecule has 3 nitrogen and oxygen atoms in total. The van der Waals surface area contributed by atoms with Crippen molar-refractivity contribution in [1.82, 2.24) is 5.32 Å². The lowest BCUT2D eigenvalue weighted by Gasteiger charge is -2.06. The molecule has 0 aliphatic carbocycles. The van der Waals surface area contributed by atoms with Crippen LogP contribution in [0.3, 0.4) is 0 Å². The number of carbonyl (C=O) groups excluding carboxylic acids is 1. The zero-order valence-corrected chi connectivity index (χ0v) is 10.3. The van der Waals surface area contributed by atoms with Crippen LogP contribution in [0.4, 0.5) is 4.39 Å². The Morgan fingerprint density at radius 2 is 1.79 bits per heavy atom. The summed E-state index contributed by atoms with van der Waals surface area (Å²) in [5.74, 6) is -0.624. The van der Waals surface area contributed by atoms with Crippen molar-refractivity contribution in [2.45, 2.75) is 13.2 Å². The van der Waals surface area contributed by atoms with Crippen molar-refractivity contribution in [1.29, 1.82) is 0 Å². The minimum atomic E-state index is -0.368.